The zero-order chi connectivity index (χ0) is 11.1. The number of hydrogen-bond donors (Lipinski definition) is 2. The van der Waals surface area contributed by atoms with Crippen LogP contribution in [0.5, 0.6) is 0 Å². The highest BCUT2D eigenvalue weighted by Crippen LogP contribution is 2.27. The predicted molar refractivity (Wildman–Crippen MR) is 66.9 cm³/mol. The van der Waals surface area contributed by atoms with Crippen LogP contribution >= 0.6 is 0 Å². The lowest BCUT2D eigenvalue weighted by Gasteiger charge is -2.25. The van der Waals surface area contributed by atoms with E-state index in [1.54, 1.807) is 0 Å². The van der Waals surface area contributed by atoms with Crippen molar-refractivity contribution in [3.8, 4) is 0 Å². The van der Waals surface area contributed by atoms with Gasteiger partial charge < -0.3 is 11.1 Å². The van der Waals surface area contributed by atoms with Gasteiger partial charge >= 0.3 is 0 Å². The van der Waals surface area contributed by atoms with Gasteiger partial charge in [-0.25, -0.2) is 0 Å². The average Bonchev–Trinajstić information content (AvgIpc) is 2.78. The first kappa shape index (κ1) is 13.0. The first-order valence-electron chi connectivity index (χ1n) is 6.75. The maximum absolute atomic E-state index is 5.86. The molecule has 1 unspecified atom stereocenters. The number of hydrogen-bond acceptors (Lipinski definition) is 2. The van der Waals surface area contributed by atoms with Crippen LogP contribution in [0.15, 0.2) is 0 Å². The minimum atomic E-state index is 0.577. The molecular weight excluding hydrogens is 184 g/mol. The van der Waals surface area contributed by atoms with E-state index in [4.69, 9.17) is 5.73 Å². The van der Waals surface area contributed by atoms with E-state index in [1.165, 1.54) is 38.5 Å². The van der Waals surface area contributed by atoms with Gasteiger partial charge in [-0.15, -0.1) is 0 Å². The Bertz CT molecular complexity index is 149. The summed E-state index contributed by atoms with van der Waals surface area (Å²) in [5.74, 6) is 1.69. The van der Waals surface area contributed by atoms with Gasteiger partial charge in [-0.05, 0) is 31.2 Å². The third-order valence-corrected chi connectivity index (χ3v) is 4.05. The fourth-order valence-corrected chi connectivity index (χ4v) is 2.70. The van der Waals surface area contributed by atoms with Crippen LogP contribution in [0.4, 0.5) is 0 Å². The lowest BCUT2D eigenvalue weighted by molar-refractivity contribution is 0.330. The minimum Gasteiger partial charge on any atom is -0.329 e. The molecule has 1 aliphatic carbocycles. The molecule has 0 bridgehead atoms. The lowest BCUT2D eigenvalue weighted by Crippen LogP contribution is -2.43. The number of nitrogens with one attached hydrogen (secondary N) is 1. The Hall–Kier alpha value is -0.0800. The van der Waals surface area contributed by atoms with Gasteiger partial charge in [0.1, 0.15) is 0 Å². The van der Waals surface area contributed by atoms with E-state index >= 15 is 0 Å². The van der Waals surface area contributed by atoms with Crippen molar-refractivity contribution in [3.05, 3.63) is 0 Å². The monoisotopic (exact) mass is 212 g/mol. The van der Waals surface area contributed by atoms with Crippen molar-refractivity contribution in [2.75, 3.05) is 13.1 Å². The summed E-state index contributed by atoms with van der Waals surface area (Å²) in [7, 11) is 0. The average molecular weight is 212 g/mol. The molecule has 1 atom stereocenters. The summed E-state index contributed by atoms with van der Waals surface area (Å²) < 4.78 is 0. The molecule has 1 fully saturated rings. The van der Waals surface area contributed by atoms with Crippen LogP contribution in [0.25, 0.3) is 0 Å². The van der Waals surface area contributed by atoms with Crippen LogP contribution in [0.2, 0.25) is 0 Å². The summed E-state index contributed by atoms with van der Waals surface area (Å²) in [5, 5.41) is 3.69. The first-order chi connectivity index (χ1) is 7.31. The molecule has 0 radical (unpaired) electrons. The molecule has 0 saturated heterocycles. The Labute approximate surface area is 95.0 Å². The van der Waals surface area contributed by atoms with Crippen molar-refractivity contribution >= 4 is 0 Å². The molecule has 3 N–H and O–H groups in total. The van der Waals surface area contributed by atoms with Gasteiger partial charge in [-0.1, -0.05) is 39.5 Å². The molecule has 15 heavy (non-hydrogen) atoms. The third-order valence-electron chi connectivity index (χ3n) is 4.05. The van der Waals surface area contributed by atoms with E-state index in [0.717, 1.165) is 24.9 Å². The molecule has 2 heteroatoms. The van der Waals surface area contributed by atoms with Crippen LogP contribution in [-0.4, -0.2) is 19.1 Å². The Kier molecular flexibility index (Phi) is 6.26. The highest BCUT2D eigenvalue weighted by atomic mass is 14.9. The molecule has 0 heterocycles. The molecule has 0 aromatic carbocycles. The van der Waals surface area contributed by atoms with Crippen molar-refractivity contribution in [2.45, 2.75) is 58.4 Å². The van der Waals surface area contributed by atoms with Gasteiger partial charge in [0.2, 0.25) is 0 Å². The van der Waals surface area contributed by atoms with Gasteiger partial charge in [0.05, 0.1) is 0 Å². The fraction of sp³-hybridized carbons (Fsp3) is 1.00. The van der Waals surface area contributed by atoms with Gasteiger partial charge in [0.15, 0.2) is 0 Å². The Morgan fingerprint density at radius 1 is 1.20 bits per heavy atom. The Morgan fingerprint density at radius 3 is 2.27 bits per heavy atom. The van der Waals surface area contributed by atoms with Gasteiger partial charge in [0, 0.05) is 12.6 Å². The topological polar surface area (TPSA) is 38.0 Å². The van der Waals surface area contributed by atoms with E-state index in [0.29, 0.717) is 6.04 Å². The minimum absolute atomic E-state index is 0.577. The number of rotatable bonds is 7. The quantitative estimate of drug-likeness (QED) is 0.680. The van der Waals surface area contributed by atoms with Crippen molar-refractivity contribution in [1.29, 1.82) is 0 Å². The van der Waals surface area contributed by atoms with Gasteiger partial charge in [-0.2, -0.15) is 0 Å². The van der Waals surface area contributed by atoms with Gasteiger partial charge in [-0.3, -0.25) is 0 Å². The smallest absolute Gasteiger partial charge is 0.0218 e. The zero-order valence-corrected chi connectivity index (χ0v) is 10.5. The maximum atomic E-state index is 5.86. The molecule has 2 nitrogen and oxygen atoms in total. The summed E-state index contributed by atoms with van der Waals surface area (Å²) in [5.41, 5.74) is 5.86. The third kappa shape index (κ3) is 4.12. The molecular formula is C13H28N2. The van der Waals surface area contributed by atoms with Gasteiger partial charge in [0.25, 0.3) is 0 Å². The van der Waals surface area contributed by atoms with E-state index in [1.807, 2.05) is 0 Å². The maximum Gasteiger partial charge on any atom is 0.0218 e. The Balaban J connectivity index is 2.26. The lowest BCUT2D eigenvalue weighted by atomic mass is 9.96. The SMILES string of the molecule is CCC(CC)CNC(CN)C1CCCC1. The molecule has 1 aliphatic rings. The van der Waals surface area contributed by atoms with Crippen molar-refractivity contribution in [3.63, 3.8) is 0 Å². The molecule has 90 valence electrons. The van der Waals surface area contributed by atoms with E-state index in [2.05, 4.69) is 19.2 Å². The summed E-state index contributed by atoms with van der Waals surface area (Å²) in [4.78, 5) is 0. The Morgan fingerprint density at radius 2 is 1.80 bits per heavy atom. The standard InChI is InChI=1S/C13H28N2/c1-3-11(4-2)10-15-13(9-14)12-7-5-6-8-12/h11-13,15H,3-10,14H2,1-2H3. The molecule has 0 aromatic heterocycles. The number of nitrogens with two attached hydrogens (primary N) is 1. The molecule has 0 amide bonds. The van der Waals surface area contributed by atoms with Crippen LogP contribution in [-0.2, 0) is 0 Å². The van der Waals surface area contributed by atoms with Crippen LogP contribution in [0.1, 0.15) is 52.4 Å². The summed E-state index contributed by atoms with van der Waals surface area (Å²) in [6, 6.07) is 0.577. The van der Waals surface area contributed by atoms with Crippen LogP contribution in [0.3, 0.4) is 0 Å². The summed E-state index contributed by atoms with van der Waals surface area (Å²) in [6.45, 7) is 6.53. The highest BCUT2D eigenvalue weighted by molar-refractivity contribution is 4.81. The summed E-state index contributed by atoms with van der Waals surface area (Å²) >= 11 is 0. The second-order valence-corrected chi connectivity index (χ2v) is 4.98. The van der Waals surface area contributed by atoms with Crippen molar-refractivity contribution < 1.29 is 0 Å². The molecule has 1 saturated carbocycles. The normalized spacial score (nSPS) is 20.0. The molecule has 1 rings (SSSR count). The predicted octanol–water partition coefficient (Wildman–Crippen LogP) is 2.53. The van der Waals surface area contributed by atoms with Crippen molar-refractivity contribution in [2.24, 2.45) is 17.6 Å². The second-order valence-electron chi connectivity index (χ2n) is 4.98. The highest BCUT2D eigenvalue weighted by Gasteiger charge is 2.23. The van der Waals surface area contributed by atoms with E-state index in [9.17, 15) is 0 Å². The largest absolute Gasteiger partial charge is 0.329 e. The zero-order valence-electron chi connectivity index (χ0n) is 10.5. The van der Waals surface area contributed by atoms with E-state index in [-0.39, 0.29) is 0 Å². The van der Waals surface area contributed by atoms with Crippen LogP contribution in [0, 0.1) is 11.8 Å². The molecule has 0 aliphatic heterocycles. The first-order valence-corrected chi connectivity index (χ1v) is 6.75. The molecule has 0 aromatic rings. The second kappa shape index (κ2) is 7.24. The van der Waals surface area contributed by atoms with Crippen molar-refractivity contribution in [1.82, 2.24) is 5.32 Å². The fourth-order valence-electron chi connectivity index (χ4n) is 2.70. The van der Waals surface area contributed by atoms with E-state index < -0.39 is 0 Å². The van der Waals surface area contributed by atoms with Crippen LogP contribution < -0.4 is 11.1 Å². The molecule has 0 spiro atoms. The summed E-state index contributed by atoms with van der Waals surface area (Å²) in [6.07, 6.45) is 8.16.